The summed E-state index contributed by atoms with van der Waals surface area (Å²) >= 11 is 0. The smallest absolute Gasteiger partial charge is 0.224 e. The number of amides is 1. The number of piperidine rings is 1. The fraction of sp³-hybridized carbons (Fsp3) is 0.562. The zero-order valence-electron chi connectivity index (χ0n) is 12.6. The van der Waals surface area contributed by atoms with E-state index in [9.17, 15) is 9.18 Å². The molecular weight excluding hydrogens is 271 g/mol. The molecule has 1 saturated heterocycles. The van der Waals surface area contributed by atoms with Crippen molar-refractivity contribution in [3.05, 3.63) is 24.0 Å². The molecule has 0 spiro atoms. The Morgan fingerprint density at radius 1 is 1.57 bits per heavy atom. The maximum atomic E-state index is 13.6. The van der Waals surface area contributed by atoms with Crippen LogP contribution in [0.15, 0.2) is 18.2 Å². The van der Waals surface area contributed by atoms with E-state index in [0.717, 1.165) is 13.1 Å². The van der Waals surface area contributed by atoms with Gasteiger partial charge >= 0.3 is 0 Å². The number of carbonyl (C=O) groups excluding carboxylic acids is 1. The lowest BCUT2D eigenvalue weighted by Gasteiger charge is -2.28. The molecule has 21 heavy (non-hydrogen) atoms. The van der Waals surface area contributed by atoms with Gasteiger partial charge in [-0.05, 0) is 49.9 Å². The van der Waals surface area contributed by atoms with Gasteiger partial charge in [0.15, 0.2) is 11.6 Å². The second kappa shape index (κ2) is 7.41. The van der Waals surface area contributed by atoms with Gasteiger partial charge in [0.25, 0.3) is 0 Å². The van der Waals surface area contributed by atoms with E-state index in [4.69, 9.17) is 4.74 Å². The number of nitrogens with one attached hydrogen (secondary N) is 2. The van der Waals surface area contributed by atoms with Gasteiger partial charge in [-0.2, -0.15) is 0 Å². The minimum Gasteiger partial charge on any atom is -0.494 e. The number of ether oxygens (including phenoxy) is 1. The Hall–Kier alpha value is -1.62. The highest BCUT2D eigenvalue weighted by molar-refractivity contribution is 5.90. The highest BCUT2D eigenvalue weighted by atomic mass is 19.1. The minimum absolute atomic E-state index is 0.0716. The van der Waals surface area contributed by atoms with Crippen molar-refractivity contribution in [2.24, 2.45) is 11.8 Å². The molecule has 2 N–H and O–H groups in total. The molecular formula is C16H23FN2O2. The number of anilines is 1. The van der Waals surface area contributed by atoms with Crippen LogP contribution in [0.2, 0.25) is 0 Å². The summed E-state index contributed by atoms with van der Waals surface area (Å²) < 4.78 is 18.4. The Kier molecular flexibility index (Phi) is 5.56. The minimum atomic E-state index is -0.472. The number of carbonyl (C=O) groups is 1. The first kappa shape index (κ1) is 15.8. The van der Waals surface area contributed by atoms with E-state index in [1.165, 1.54) is 32.1 Å². The average molecular weight is 294 g/mol. The molecule has 1 aliphatic rings. The molecule has 0 aromatic heterocycles. The van der Waals surface area contributed by atoms with Gasteiger partial charge in [0, 0.05) is 18.2 Å². The summed E-state index contributed by atoms with van der Waals surface area (Å²) in [6.07, 6.45) is 2.79. The SMILES string of the molecule is COc1ccc(NC(=O)CC(C)C2CCCNC2)cc1F. The van der Waals surface area contributed by atoms with Crippen molar-refractivity contribution in [2.45, 2.75) is 26.2 Å². The van der Waals surface area contributed by atoms with E-state index in [-0.39, 0.29) is 11.7 Å². The van der Waals surface area contributed by atoms with Crippen molar-refractivity contribution < 1.29 is 13.9 Å². The van der Waals surface area contributed by atoms with Gasteiger partial charge in [-0.3, -0.25) is 4.79 Å². The van der Waals surface area contributed by atoms with Gasteiger partial charge in [-0.15, -0.1) is 0 Å². The van der Waals surface area contributed by atoms with E-state index in [2.05, 4.69) is 17.6 Å². The molecule has 116 valence electrons. The molecule has 2 rings (SSSR count). The quantitative estimate of drug-likeness (QED) is 0.878. The molecule has 4 nitrogen and oxygen atoms in total. The Morgan fingerprint density at radius 2 is 2.38 bits per heavy atom. The molecule has 1 aliphatic heterocycles. The molecule has 0 saturated carbocycles. The monoisotopic (exact) mass is 294 g/mol. The van der Waals surface area contributed by atoms with Gasteiger partial charge < -0.3 is 15.4 Å². The summed E-state index contributed by atoms with van der Waals surface area (Å²) in [5, 5.41) is 6.11. The van der Waals surface area contributed by atoms with Crippen molar-refractivity contribution in [1.29, 1.82) is 0 Å². The van der Waals surface area contributed by atoms with Crippen LogP contribution in [-0.4, -0.2) is 26.1 Å². The molecule has 2 unspecified atom stereocenters. The van der Waals surface area contributed by atoms with Crippen LogP contribution in [0.5, 0.6) is 5.75 Å². The van der Waals surface area contributed by atoms with Crippen molar-refractivity contribution in [1.82, 2.24) is 5.32 Å². The summed E-state index contributed by atoms with van der Waals surface area (Å²) in [7, 11) is 1.41. The first-order chi connectivity index (χ1) is 10.1. The lowest BCUT2D eigenvalue weighted by molar-refractivity contribution is -0.117. The number of rotatable bonds is 5. The topological polar surface area (TPSA) is 50.4 Å². The third kappa shape index (κ3) is 4.43. The van der Waals surface area contributed by atoms with Crippen molar-refractivity contribution >= 4 is 11.6 Å². The van der Waals surface area contributed by atoms with Gasteiger partial charge in [-0.25, -0.2) is 4.39 Å². The van der Waals surface area contributed by atoms with Gasteiger partial charge in [-0.1, -0.05) is 6.92 Å². The zero-order chi connectivity index (χ0) is 15.2. The van der Waals surface area contributed by atoms with Crippen LogP contribution in [0.3, 0.4) is 0 Å². The molecule has 1 aromatic carbocycles. The number of halogens is 1. The van der Waals surface area contributed by atoms with Crippen LogP contribution in [0.4, 0.5) is 10.1 Å². The van der Waals surface area contributed by atoms with Crippen LogP contribution in [0.1, 0.15) is 26.2 Å². The van der Waals surface area contributed by atoms with E-state index < -0.39 is 5.82 Å². The number of methoxy groups -OCH3 is 1. The van der Waals surface area contributed by atoms with Crippen LogP contribution in [-0.2, 0) is 4.79 Å². The third-order valence-corrected chi connectivity index (χ3v) is 4.08. The standard InChI is InChI=1S/C16H23FN2O2/c1-11(12-4-3-7-18-10-12)8-16(20)19-13-5-6-15(21-2)14(17)9-13/h5-6,9,11-12,18H,3-4,7-8,10H2,1-2H3,(H,19,20). The lowest BCUT2D eigenvalue weighted by Crippen LogP contribution is -2.34. The second-order valence-electron chi connectivity index (χ2n) is 5.69. The average Bonchev–Trinajstić information content (AvgIpc) is 2.48. The van der Waals surface area contributed by atoms with Crippen LogP contribution >= 0.6 is 0 Å². The van der Waals surface area contributed by atoms with Crippen molar-refractivity contribution in [2.75, 3.05) is 25.5 Å². The number of benzene rings is 1. The van der Waals surface area contributed by atoms with Gasteiger partial charge in [0.05, 0.1) is 7.11 Å². The van der Waals surface area contributed by atoms with E-state index in [1.807, 2.05) is 0 Å². The third-order valence-electron chi connectivity index (χ3n) is 4.08. The summed E-state index contributed by atoms with van der Waals surface area (Å²) in [4.78, 5) is 12.0. The first-order valence-electron chi connectivity index (χ1n) is 7.44. The molecule has 0 radical (unpaired) electrons. The summed E-state index contributed by atoms with van der Waals surface area (Å²) in [6, 6.07) is 4.44. The summed E-state index contributed by atoms with van der Waals surface area (Å²) in [5.74, 6) is 0.491. The van der Waals surface area contributed by atoms with Gasteiger partial charge in [0.1, 0.15) is 0 Å². The highest BCUT2D eigenvalue weighted by Gasteiger charge is 2.22. The van der Waals surface area contributed by atoms with Crippen molar-refractivity contribution in [3.63, 3.8) is 0 Å². The normalized spacial score (nSPS) is 19.9. The van der Waals surface area contributed by atoms with Crippen LogP contribution < -0.4 is 15.4 Å². The molecule has 0 aliphatic carbocycles. The predicted octanol–water partition coefficient (Wildman–Crippen LogP) is 2.80. The van der Waals surface area contributed by atoms with E-state index >= 15 is 0 Å². The van der Waals surface area contributed by atoms with Crippen LogP contribution in [0, 0.1) is 17.7 Å². The number of hydrogen-bond donors (Lipinski definition) is 2. The highest BCUT2D eigenvalue weighted by Crippen LogP contribution is 2.24. The van der Waals surface area contributed by atoms with E-state index in [0.29, 0.717) is 23.9 Å². The summed E-state index contributed by atoms with van der Waals surface area (Å²) in [5.41, 5.74) is 0.465. The molecule has 1 heterocycles. The zero-order valence-corrected chi connectivity index (χ0v) is 12.6. The maximum Gasteiger partial charge on any atom is 0.224 e. The van der Waals surface area contributed by atoms with Gasteiger partial charge in [0.2, 0.25) is 5.91 Å². The largest absolute Gasteiger partial charge is 0.494 e. The first-order valence-corrected chi connectivity index (χ1v) is 7.44. The summed E-state index contributed by atoms with van der Waals surface area (Å²) in [6.45, 7) is 4.15. The number of hydrogen-bond acceptors (Lipinski definition) is 3. The molecule has 0 bridgehead atoms. The Bertz CT molecular complexity index is 487. The van der Waals surface area contributed by atoms with E-state index in [1.54, 1.807) is 6.07 Å². The molecule has 2 atom stereocenters. The molecule has 1 fully saturated rings. The Morgan fingerprint density at radius 3 is 3.00 bits per heavy atom. The fourth-order valence-electron chi connectivity index (χ4n) is 2.78. The second-order valence-corrected chi connectivity index (χ2v) is 5.69. The Labute approximate surface area is 125 Å². The lowest BCUT2D eigenvalue weighted by atomic mass is 9.85. The maximum absolute atomic E-state index is 13.6. The van der Waals surface area contributed by atoms with Crippen LogP contribution in [0.25, 0.3) is 0 Å². The molecule has 1 amide bonds. The molecule has 1 aromatic rings. The fourth-order valence-corrected chi connectivity index (χ4v) is 2.78. The van der Waals surface area contributed by atoms with Crippen molar-refractivity contribution in [3.8, 4) is 5.75 Å². The Balaban J connectivity index is 1.87. The predicted molar refractivity (Wildman–Crippen MR) is 81.0 cm³/mol. The molecule has 5 heteroatoms.